The number of hydrogen-bond donors (Lipinski definition) is 2. The van der Waals surface area contributed by atoms with E-state index in [4.69, 9.17) is 0 Å². The SMILES string of the molecule is C=C(C)[C@@H]1CC[C@]2(C#N)CC[C@]3(C)[C@H](CC[C@@H]4[C@@]5(C)CC/C(=N/O)[C@](C)(CO)[C@@H]5CC[C@]43C)[C@@H]12. The molecule has 0 aromatic rings. The molecule has 0 aromatic carbocycles. The number of nitrogens with zero attached hydrogens (tertiary/aromatic N) is 2. The molecule has 0 heterocycles. The van der Waals surface area contributed by atoms with Gasteiger partial charge >= 0.3 is 0 Å². The first-order valence-corrected chi connectivity index (χ1v) is 13.9. The first-order valence-electron chi connectivity index (χ1n) is 13.9. The highest BCUT2D eigenvalue weighted by molar-refractivity contribution is 5.91. The molecule has 5 fully saturated rings. The molecular weight excluding hydrogens is 420 g/mol. The summed E-state index contributed by atoms with van der Waals surface area (Å²) in [5, 5.41) is 34.4. The first-order chi connectivity index (χ1) is 16.0. The fourth-order valence-electron chi connectivity index (χ4n) is 11.3. The molecule has 34 heavy (non-hydrogen) atoms. The van der Waals surface area contributed by atoms with Crippen LogP contribution in [0.5, 0.6) is 0 Å². The van der Waals surface area contributed by atoms with Crippen LogP contribution in [0.2, 0.25) is 0 Å². The molecule has 10 atom stereocenters. The van der Waals surface area contributed by atoms with Crippen LogP contribution in [0.4, 0.5) is 0 Å². The maximum absolute atomic E-state index is 10.5. The average molecular weight is 467 g/mol. The molecule has 5 rings (SSSR count). The van der Waals surface area contributed by atoms with Crippen molar-refractivity contribution in [1.29, 1.82) is 5.26 Å². The van der Waals surface area contributed by atoms with Crippen molar-refractivity contribution in [2.45, 2.75) is 98.8 Å². The summed E-state index contributed by atoms with van der Waals surface area (Å²) in [6.07, 6.45) is 10.9. The molecule has 5 aliphatic carbocycles. The van der Waals surface area contributed by atoms with E-state index < -0.39 is 5.41 Å². The zero-order chi connectivity index (χ0) is 24.7. The van der Waals surface area contributed by atoms with E-state index in [2.05, 4.69) is 52.4 Å². The summed E-state index contributed by atoms with van der Waals surface area (Å²) in [4.78, 5) is 0. The second-order valence-corrected chi connectivity index (χ2v) is 14.1. The van der Waals surface area contributed by atoms with Gasteiger partial charge in [0.2, 0.25) is 0 Å². The lowest BCUT2D eigenvalue weighted by Crippen LogP contribution is -2.66. The Kier molecular flexibility index (Phi) is 5.43. The lowest BCUT2D eigenvalue weighted by molar-refractivity contribution is -0.226. The Morgan fingerprint density at radius 2 is 1.74 bits per heavy atom. The van der Waals surface area contributed by atoms with E-state index in [1.807, 2.05) is 0 Å². The predicted octanol–water partition coefficient (Wildman–Crippen LogP) is 6.97. The molecule has 4 heteroatoms. The Labute approximate surface area is 206 Å². The van der Waals surface area contributed by atoms with Crippen LogP contribution in [0, 0.1) is 68.0 Å². The highest BCUT2D eigenvalue weighted by atomic mass is 16.4. The van der Waals surface area contributed by atoms with Gasteiger partial charge in [-0.3, -0.25) is 0 Å². The Morgan fingerprint density at radius 3 is 2.35 bits per heavy atom. The van der Waals surface area contributed by atoms with Gasteiger partial charge in [0.15, 0.2) is 0 Å². The van der Waals surface area contributed by atoms with E-state index in [-0.39, 0.29) is 28.3 Å². The Hall–Kier alpha value is -1.34. The molecule has 5 saturated carbocycles. The van der Waals surface area contributed by atoms with Crippen LogP contribution in [-0.4, -0.2) is 22.6 Å². The van der Waals surface area contributed by atoms with Gasteiger partial charge in [-0.15, -0.1) is 0 Å². The third-order valence-electron chi connectivity index (χ3n) is 13.3. The van der Waals surface area contributed by atoms with Gasteiger partial charge in [-0.05, 0) is 117 Å². The molecule has 0 aromatic heterocycles. The fourth-order valence-corrected chi connectivity index (χ4v) is 11.3. The van der Waals surface area contributed by atoms with Gasteiger partial charge in [0.25, 0.3) is 0 Å². The minimum atomic E-state index is -0.431. The van der Waals surface area contributed by atoms with Gasteiger partial charge in [-0.1, -0.05) is 45.0 Å². The third kappa shape index (κ3) is 2.72. The van der Waals surface area contributed by atoms with Crippen LogP contribution in [0.25, 0.3) is 0 Å². The Balaban J connectivity index is 1.56. The van der Waals surface area contributed by atoms with Crippen LogP contribution in [0.3, 0.4) is 0 Å². The van der Waals surface area contributed by atoms with Crippen molar-refractivity contribution in [3.63, 3.8) is 0 Å². The van der Waals surface area contributed by atoms with Gasteiger partial charge in [0.05, 0.1) is 23.8 Å². The molecule has 0 bridgehead atoms. The second kappa shape index (κ2) is 7.58. The Bertz CT molecular complexity index is 952. The van der Waals surface area contributed by atoms with E-state index in [1.54, 1.807) is 0 Å². The number of allylic oxidation sites excluding steroid dienone is 1. The van der Waals surface area contributed by atoms with Gasteiger partial charge in [-0.2, -0.15) is 5.26 Å². The number of aliphatic hydroxyl groups excluding tert-OH is 1. The van der Waals surface area contributed by atoms with Crippen LogP contribution in [-0.2, 0) is 0 Å². The van der Waals surface area contributed by atoms with Crippen molar-refractivity contribution in [1.82, 2.24) is 0 Å². The predicted molar refractivity (Wildman–Crippen MR) is 135 cm³/mol. The summed E-state index contributed by atoms with van der Waals surface area (Å²) in [7, 11) is 0. The Morgan fingerprint density at radius 1 is 1.00 bits per heavy atom. The lowest BCUT2D eigenvalue weighted by atomic mass is 9.32. The van der Waals surface area contributed by atoms with Crippen molar-refractivity contribution in [3.8, 4) is 6.07 Å². The largest absolute Gasteiger partial charge is 0.411 e. The summed E-state index contributed by atoms with van der Waals surface area (Å²) < 4.78 is 0. The van der Waals surface area contributed by atoms with Crippen molar-refractivity contribution in [3.05, 3.63) is 12.2 Å². The number of fused-ring (bicyclic) bond motifs is 7. The molecule has 0 saturated heterocycles. The number of rotatable bonds is 2. The second-order valence-electron chi connectivity index (χ2n) is 14.1. The lowest BCUT2D eigenvalue weighted by Gasteiger charge is -2.72. The molecule has 4 nitrogen and oxygen atoms in total. The number of aliphatic hydroxyl groups is 1. The molecule has 0 spiro atoms. The molecule has 188 valence electrons. The summed E-state index contributed by atoms with van der Waals surface area (Å²) in [5.41, 5.74) is 2.11. The van der Waals surface area contributed by atoms with E-state index >= 15 is 0 Å². The number of oxime groups is 1. The summed E-state index contributed by atoms with van der Waals surface area (Å²) >= 11 is 0. The quantitative estimate of drug-likeness (QED) is 0.262. The van der Waals surface area contributed by atoms with Gasteiger partial charge in [0, 0.05) is 5.41 Å². The number of hydrogen-bond acceptors (Lipinski definition) is 4. The van der Waals surface area contributed by atoms with Crippen molar-refractivity contribution < 1.29 is 10.3 Å². The first kappa shape index (κ1) is 24.4. The van der Waals surface area contributed by atoms with E-state index in [0.29, 0.717) is 29.6 Å². The maximum atomic E-state index is 10.5. The van der Waals surface area contributed by atoms with Crippen molar-refractivity contribution in [2.75, 3.05) is 6.61 Å². The van der Waals surface area contributed by atoms with E-state index in [0.717, 1.165) is 44.2 Å². The highest BCUT2D eigenvalue weighted by Gasteiger charge is 2.71. The van der Waals surface area contributed by atoms with Crippen molar-refractivity contribution >= 4 is 5.71 Å². The van der Waals surface area contributed by atoms with Gasteiger partial charge in [0.1, 0.15) is 0 Å². The molecule has 0 amide bonds. The average Bonchev–Trinajstić information content (AvgIpc) is 3.20. The summed E-state index contributed by atoms with van der Waals surface area (Å²) in [6, 6.07) is 2.88. The normalized spacial score (nSPS) is 55.4. The van der Waals surface area contributed by atoms with Crippen LogP contribution >= 0.6 is 0 Å². The monoisotopic (exact) mass is 466 g/mol. The van der Waals surface area contributed by atoms with Crippen molar-refractivity contribution in [2.24, 2.45) is 61.8 Å². The molecule has 0 radical (unpaired) electrons. The molecule has 0 unspecified atom stereocenters. The minimum absolute atomic E-state index is 0.0586. The van der Waals surface area contributed by atoms with Crippen LogP contribution in [0.1, 0.15) is 98.8 Å². The molecule has 5 aliphatic rings. The summed E-state index contributed by atoms with van der Waals surface area (Å²) in [5.74, 6) is 2.49. The highest BCUT2D eigenvalue weighted by Crippen LogP contribution is 2.77. The topological polar surface area (TPSA) is 76.6 Å². The smallest absolute Gasteiger partial charge is 0.0693 e. The fraction of sp³-hybridized carbons (Fsp3) is 0.867. The standard InChI is InChI=1S/C30H46N2O2/c1-19(2)20-9-14-30(17-31)16-15-28(5)21(25(20)30)7-8-23-26(3)12-11-24(32-34)27(4,18-33)22(26)10-13-29(23,28)6/h20-23,25,33-34H,1,7-16,18H2,2-6H3/b32-24-/t20-,21+,22+,23+,25+,26-,27+,28+,29+,30+/m0/s1. The minimum Gasteiger partial charge on any atom is -0.411 e. The number of nitriles is 1. The van der Waals surface area contributed by atoms with E-state index in [1.165, 1.54) is 31.3 Å². The molecule has 0 aliphatic heterocycles. The molecular formula is C30H46N2O2. The summed E-state index contributed by atoms with van der Waals surface area (Å²) in [6.45, 7) is 16.5. The molecule has 2 N–H and O–H groups in total. The zero-order valence-electron chi connectivity index (χ0n) is 22.2. The van der Waals surface area contributed by atoms with Crippen LogP contribution < -0.4 is 0 Å². The van der Waals surface area contributed by atoms with Gasteiger partial charge in [-0.25, -0.2) is 0 Å². The third-order valence-corrected chi connectivity index (χ3v) is 13.3. The maximum Gasteiger partial charge on any atom is 0.0693 e. The zero-order valence-corrected chi connectivity index (χ0v) is 22.2. The van der Waals surface area contributed by atoms with E-state index in [9.17, 15) is 15.6 Å². The van der Waals surface area contributed by atoms with Gasteiger partial charge < -0.3 is 10.3 Å². The van der Waals surface area contributed by atoms with Crippen LogP contribution in [0.15, 0.2) is 17.3 Å².